The molecule has 5 N–H and O–H groups in total. The first kappa shape index (κ1) is 39.6. The van der Waals surface area contributed by atoms with Gasteiger partial charge in [0.1, 0.15) is 18.1 Å². The summed E-state index contributed by atoms with van der Waals surface area (Å²) in [5.74, 6) is -6.06. The van der Waals surface area contributed by atoms with Gasteiger partial charge in [0, 0.05) is 42.4 Å². The number of thiophene rings is 1. The Morgan fingerprint density at radius 1 is 0.750 bits per heavy atom. The lowest BCUT2D eigenvalue weighted by atomic mass is 9.97. The predicted octanol–water partition coefficient (Wildman–Crippen LogP) is 5.31. The molecule has 3 heterocycles. The molecule has 2 aliphatic heterocycles. The Hall–Kier alpha value is -5.18. The topological polar surface area (TPSA) is 188 Å². The van der Waals surface area contributed by atoms with Gasteiger partial charge in [-0.3, -0.25) is 9.80 Å². The van der Waals surface area contributed by atoms with Crippen LogP contribution in [0.25, 0.3) is 20.5 Å². The first-order valence-corrected chi connectivity index (χ1v) is 17.8. The van der Waals surface area contributed by atoms with Crippen molar-refractivity contribution in [1.82, 2.24) is 9.80 Å². The third-order valence-electron chi connectivity index (χ3n) is 8.74. The van der Waals surface area contributed by atoms with Gasteiger partial charge in [0.25, 0.3) is 0 Å². The molecule has 278 valence electrons. The Bertz CT molecular complexity index is 1800. The minimum absolute atomic E-state index is 0.315. The van der Waals surface area contributed by atoms with Crippen LogP contribution in [0.3, 0.4) is 0 Å². The zero-order valence-electron chi connectivity index (χ0n) is 29.3. The number of carbonyl (C=O) groups is 4. The quantitative estimate of drug-likeness (QED) is 0.132. The number of carboxylic acid groups (broad SMARTS) is 4. The fourth-order valence-electron chi connectivity index (χ4n) is 6.20. The molecule has 2 fully saturated rings. The third kappa shape index (κ3) is 11.4. The van der Waals surface area contributed by atoms with Crippen molar-refractivity contribution in [2.24, 2.45) is 0 Å². The predicted molar refractivity (Wildman–Crippen MR) is 199 cm³/mol. The number of fused-ring (bicyclic) bond motifs is 1. The van der Waals surface area contributed by atoms with Gasteiger partial charge in [0.15, 0.2) is 0 Å². The van der Waals surface area contributed by atoms with Crippen LogP contribution in [0.2, 0.25) is 0 Å². The van der Waals surface area contributed by atoms with Gasteiger partial charge in [0.05, 0.1) is 0 Å². The number of rotatable bonds is 10. The van der Waals surface area contributed by atoms with E-state index in [9.17, 15) is 5.11 Å². The van der Waals surface area contributed by atoms with E-state index in [1.165, 1.54) is 90.1 Å². The Morgan fingerprint density at radius 2 is 1.33 bits per heavy atom. The number of nitrogens with zero attached hydrogens (tertiary/aromatic N) is 3. The smallest absolute Gasteiger partial charge is 0.414 e. The van der Waals surface area contributed by atoms with Crippen molar-refractivity contribution in [1.29, 1.82) is 0 Å². The lowest BCUT2D eigenvalue weighted by Crippen LogP contribution is -2.25. The van der Waals surface area contributed by atoms with E-state index in [-0.39, 0.29) is 0 Å². The summed E-state index contributed by atoms with van der Waals surface area (Å²) in [6.07, 6.45) is 6.08. The van der Waals surface area contributed by atoms with Crippen molar-refractivity contribution in [2.45, 2.75) is 38.6 Å². The molecule has 0 saturated carbocycles. The number of hydrogen-bond donors (Lipinski definition) is 5. The summed E-state index contributed by atoms with van der Waals surface area (Å²) in [6.45, 7) is 7.55. The second-order valence-electron chi connectivity index (χ2n) is 12.7. The molecular formula is C38H45N3O10S. The number of hydrogen-bond acceptors (Lipinski definition) is 10. The van der Waals surface area contributed by atoms with E-state index in [4.69, 9.17) is 44.3 Å². The Morgan fingerprint density at radius 3 is 1.88 bits per heavy atom. The van der Waals surface area contributed by atoms with E-state index >= 15 is 0 Å². The van der Waals surface area contributed by atoms with E-state index in [0.29, 0.717) is 5.75 Å². The minimum Gasteiger partial charge on any atom is -0.508 e. The van der Waals surface area contributed by atoms with Crippen LogP contribution in [-0.2, 0) is 32.1 Å². The SMILES string of the molecule is CN(C)c1cc(Cc2c(-c3ccc(OCCN4CCCC4)cc3)sc3cc(O)ccc23)ccc1CN1CCCC1.O=C(O)C(=O)O.O=C(O)C(=O)O. The molecule has 52 heavy (non-hydrogen) atoms. The molecule has 0 aliphatic carbocycles. The molecule has 0 radical (unpaired) electrons. The van der Waals surface area contributed by atoms with Crippen LogP contribution in [0.4, 0.5) is 5.69 Å². The van der Waals surface area contributed by atoms with E-state index in [1.807, 2.05) is 12.1 Å². The highest BCUT2D eigenvalue weighted by Gasteiger charge is 2.19. The maximum Gasteiger partial charge on any atom is 0.414 e. The van der Waals surface area contributed by atoms with Gasteiger partial charge < -0.3 is 35.2 Å². The molecular weight excluding hydrogens is 690 g/mol. The van der Waals surface area contributed by atoms with Crippen LogP contribution in [0.5, 0.6) is 11.5 Å². The van der Waals surface area contributed by atoms with Gasteiger partial charge in [0.2, 0.25) is 0 Å². The number of likely N-dealkylation sites (tertiary alicyclic amines) is 2. The van der Waals surface area contributed by atoms with Crippen molar-refractivity contribution in [2.75, 3.05) is 58.3 Å². The van der Waals surface area contributed by atoms with Crippen molar-refractivity contribution >= 4 is 51.0 Å². The normalized spacial score (nSPS) is 14.2. The van der Waals surface area contributed by atoms with Crippen LogP contribution >= 0.6 is 11.3 Å². The first-order chi connectivity index (χ1) is 24.8. The fraction of sp³-hybridized carbons (Fsp3) is 0.368. The van der Waals surface area contributed by atoms with E-state index in [1.54, 1.807) is 11.3 Å². The molecule has 6 rings (SSSR count). The Labute approximate surface area is 305 Å². The summed E-state index contributed by atoms with van der Waals surface area (Å²) in [7, 11) is 4.30. The fourth-order valence-corrected chi connectivity index (χ4v) is 7.46. The van der Waals surface area contributed by atoms with Crippen molar-refractivity contribution in [3.63, 3.8) is 0 Å². The number of aliphatic carboxylic acids is 4. The second kappa shape index (κ2) is 18.9. The molecule has 13 nitrogen and oxygen atoms in total. The number of ether oxygens (including phenoxy) is 1. The number of aromatic hydroxyl groups is 1. The van der Waals surface area contributed by atoms with Gasteiger partial charge in [-0.15, -0.1) is 11.3 Å². The minimum atomic E-state index is -1.82. The summed E-state index contributed by atoms with van der Waals surface area (Å²) in [5, 5.41) is 41.0. The first-order valence-electron chi connectivity index (χ1n) is 17.0. The molecule has 0 spiro atoms. The van der Waals surface area contributed by atoms with Crippen molar-refractivity contribution in [3.8, 4) is 21.9 Å². The monoisotopic (exact) mass is 735 g/mol. The molecule has 14 heteroatoms. The molecule has 0 bridgehead atoms. The van der Waals surface area contributed by atoms with Crippen molar-refractivity contribution < 1.29 is 49.4 Å². The largest absolute Gasteiger partial charge is 0.508 e. The molecule has 1 aromatic heterocycles. The number of carboxylic acids is 4. The highest BCUT2D eigenvalue weighted by atomic mass is 32.1. The van der Waals surface area contributed by atoms with E-state index in [0.717, 1.165) is 36.6 Å². The van der Waals surface area contributed by atoms with Crippen LogP contribution in [0, 0.1) is 0 Å². The van der Waals surface area contributed by atoms with E-state index < -0.39 is 23.9 Å². The van der Waals surface area contributed by atoms with Crippen LogP contribution in [0.15, 0.2) is 60.7 Å². The summed E-state index contributed by atoms with van der Waals surface area (Å²) in [4.78, 5) is 45.0. The van der Waals surface area contributed by atoms with Crippen molar-refractivity contribution in [3.05, 3.63) is 77.4 Å². The molecule has 0 unspecified atom stereocenters. The van der Waals surface area contributed by atoms with Gasteiger partial charge in [-0.2, -0.15) is 0 Å². The maximum absolute atomic E-state index is 10.2. The molecule has 2 aliphatic rings. The lowest BCUT2D eigenvalue weighted by molar-refractivity contribution is -0.159. The summed E-state index contributed by atoms with van der Waals surface area (Å²) in [6, 6.07) is 21.4. The highest BCUT2D eigenvalue weighted by molar-refractivity contribution is 7.22. The van der Waals surface area contributed by atoms with Crippen LogP contribution < -0.4 is 9.64 Å². The highest BCUT2D eigenvalue weighted by Crippen LogP contribution is 2.42. The lowest BCUT2D eigenvalue weighted by Gasteiger charge is -2.22. The zero-order valence-corrected chi connectivity index (χ0v) is 30.1. The molecule has 4 aromatic rings. The van der Waals surface area contributed by atoms with Gasteiger partial charge in [-0.05, 0) is 134 Å². The molecule has 0 atom stereocenters. The second-order valence-corrected chi connectivity index (χ2v) is 13.8. The van der Waals surface area contributed by atoms with Crippen LogP contribution in [-0.4, -0.2) is 113 Å². The Kier molecular flexibility index (Phi) is 14.4. The van der Waals surface area contributed by atoms with Crippen LogP contribution in [0.1, 0.15) is 42.4 Å². The van der Waals surface area contributed by atoms with Gasteiger partial charge in [-0.25, -0.2) is 19.2 Å². The number of anilines is 1. The third-order valence-corrected chi connectivity index (χ3v) is 9.98. The zero-order chi connectivity index (χ0) is 37.8. The number of benzene rings is 3. The molecule has 0 amide bonds. The summed E-state index contributed by atoms with van der Waals surface area (Å²) in [5.41, 5.74) is 6.53. The molecule has 2 saturated heterocycles. The van der Waals surface area contributed by atoms with Gasteiger partial charge >= 0.3 is 23.9 Å². The average molecular weight is 736 g/mol. The Balaban J connectivity index is 0.000000436. The number of phenolic OH excluding ortho intramolecular Hbond substituents is 1. The summed E-state index contributed by atoms with van der Waals surface area (Å²) < 4.78 is 7.19. The average Bonchev–Trinajstić information content (AvgIpc) is 3.89. The maximum atomic E-state index is 10.2. The number of phenols is 1. The van der Waals surface area contributed by atoms with E-state index in [2.05, 4.69) is 77.3 Å². The van der Waals surface area contributed by atoms with Gasteiger partial charge in [-0.1, -0.05) is 12.1 Å². The molecule has 3 aromatic carbocycles. The summed E-state index contributed by atoms with van der Waals surface area (Å²) >= 11 is 1.76. The standard InChI is InChI=1S/C34H41N3O2S.2C2H2O4/c1-35(2)32-22-25(7-8-27(32)24-37-17-5-6-18-37)21-31-30-14-11-28(38)23-33(30)40-34(31)26-9-12-29(13-10-26)39-20-19-36-15-3-4-16-36;2*3-1(4)2(5)6/h7-14,22-23,38H,3-6,15-21,24H2,1-2H3;2*(H,3,4)(H,5,6).